The predicted molar refractivity (Wildman–Crippen MR) is 73.7 cm³/mol. The first-order chi connectivity index (χ1) is 8.40. The molecule has 1 amide bonds. The van der Waals surface area contributed by atoms with E-state index in [2.05, 4.69) is 17.6 Å². The van der Waals surface area contributed by atoms with Crippen molar-refractivity contribution in [2.24, 2.45) is 5.92 Å². The van der Waals surface area contributed by atoms with Crippen molar-refractivity contribution in [3.63, 3.8) is 0 Å². The van der Waals surface area contributed by atoms with Crippen molar-refractivity contribution in [1.29, 1.82) is 0 Å². The molecule has 0 radical (unpaired) electrons. The third-order valence-corrected chi connectivity index (χ3v) is 3.19. The van der Waals surface area contributed by atoms with Gasteiger partial charge < -0.3 is 15.4 Å². The van der Waals surface area contributed by atoms with Crippen LogP contribution >= 0.6 is 0 Å². The van der Waals surface area contributed by atoms with E-state index in [1.165, 1.54) is 25.7 Å². The Morgan fingerprint density at radius 2 is 2.11 bits per heavy atom. The molecule has 18 heavy (non-hydrogen) atoms. The van der Waals surface area contributed by atoms with Crippen molar-refractivity contribution in [1.82, 2.24) is 10.6 Å². The molecule has 0 saturated carbocycles. The largest absolute Gasteiger partial charge is 0.444 e. The van der Waals surface area contributed by atoms with Gasteiger partial charge in [-0.3, -0.25) is 0 Å². The number of ether oxygens (including phenoxy) is 1. The Bertz CT molecular complexity index is 253. The molecule has 1 heterocycles. The molecule has 0 unspecified atom stereocenters. The summed E-state index contributed by atoms with van der Waals surface area (Å²) < 4.78 is 5.22. The quantitative estimate of drug-likeness (QED) is 0.813. The van der Waals surface area contributed by atoms with Gasteiger partial charge in [0.2, 0.25) is 0 Å². The van der Waals surface area contributed by atoms with Crippen molar-refractivity contribution >= 4 is 6.09 Å². The van der Waals surface area contributed by atoms with Crippen LogP contribution in [0, 0.1) is 5.92 Å². The molecule has 0 spiro atoms. The fraction of sp³-hybridized carbons (Fsp3) is 0.929. The summed E-state index contributed by atoms with van der Waals surface area (Å²) in [6.07, 6.45) is 4.59. The van der Waals surface area contributed by atoms with Crippen LogP contribution in [0.2, 0.25) is 0 Å². The monoisotopic (exact) mass is 256 g/mol. The van der Waals surface area contributed by atoms with Crippen molar-refractivity contribution in [3.8, 4) is 0 Å². The van der Waals surface area contributed by atoms with Crippen LogP contribution in [-0.4, -0.2) is 30.8 Å². The van der Waals surface area contributed by atoms with Gasteiger partial charge in [-0.2, -0.15) is 0 Å². The Labute approximate surface area is 111 Å². The number of hydrogen-bond donors (Lipinski definition) is 2. The second kappa shape index (κ2) is 6.98. The fourth-order valence-electron chi connectivity index (χ4n) is 2.29. The van der Waals surface area contributed by atoms with E-state index in [1.54, 1.807) is 0 Å². The summed E-state index contributed by atoms with van der Waals surface area (Å²) in [4.78, 5) is 11.5. The third-order valence-electron chi connectivity index (χ3n) is 3.19. The summed E-state index contributed by atoms with van der Waals surface area (Å²) in [5, 5.41) is 6.40. The molecule has 106 valence electrons. The lowest BCUT2D eigenvalue weighted by molar-refractivity contribution is 0.0515. The van der Waals surface area contributed by atoms with Crippen LogP contribution < -0.4 is 10.6 Å². The van der Waals surface area contributed by atoms with E-state index in [0.29, 0.717) is 18.5 Å². The molecular weight excluding hydrogens is 228 g/mol. The molecule has 4 heteroatoms. The van der Waals surface area contributed by atoms with Crippen LogP contribution in [0.5, 0.6) is 0 Å². The molecule has 4 nitrogen and oxygen atoms in total. The summed E-state index contributed by atoms with van der Waals surface area (Å²) in [5.41, 5.74) is -0.416. The smallest absolute Gasteiger partial charge is 0.407 e. The number of hydrogen-bond acceptors (Lipinski definition) is 3. The summed E-state index contributed by atoms with van der Waals surface area (Å²) in [5.74, 6) is 0.533. The Morgan fingerprint density at radius 3 is 2.61 bits per heavy atom. The van der Waals surface area contributed by atoms with E-state index in [4.69, 9.17) is 4.74 Å². The number of rotatable bonds is 4. The number of piperidine rings is 1. The summed E-state index contributed by atoms with van der Waals surface area (Å²) in [6, 6.07) is 0.674. The van der Waals surface area contributed by atoms with Crippen molar-refractivity contribution in [3.05, 3.63) is 0 Å². The first-order valence-corrected chi connectivity index (χ1v) is 7.11. The lowest BCUT2D eigenvalue weighted by Gasteiger charge is -2.30. The van der Waals surface area contributed by atoms with Gasteiger partial charge in [0.15, 0.2) is 0 Å². The topological polar surface area (TPSA) is 50.4 Å². The van der Waals surface area contributed by atoms with Gasteiger partial charge in [-0.15, -0.1) is 0 Å². The molecule has 1 saturated heterocycles. The summed E-state index contributed by atoms with van der Waals surface area (Å²) in [7, 11) is 0. The third kappa shape index (κ3) is 6.24. The molecule has 1 aliphatic rings. The second-order valence-corrected chi connectivity index (χ2v) is 6.22. The number of amides is 1. The van der Waals surface area contributed by atoms with E-state index < -0.39 is 5.60 Å². The highest BCUT2D eigenvalue weighted by molar-refractivity contribution is 5.67. The van der Waals surface area contributed by atoms with Crippen molar-refractivity contribution in [2.75, 3.05) is 13.1 Å². The van der Waals surface area contributed by atoms with Gasteiger partial charge >= 0.3 is 6.09 Å². The molecule has 0 bridgehead atoms. The summed E-state index contributed by atoms with van der Waals surface area (Å²) in [6.45, 7) is 9.57. The molecule has 0 aromatic heterocycles. The van der Waals surface area contributed by atoms with Gasteiger partial charge in [-0.05, 0) is 52.5 Å². The highest BCUT2D eigenvalue weighted by atomic mass is 16.6. The lowest BCUT2D eigenvalue weighted by Crippen LogP contribution is -2.44. The van der Waals surface area contributed by atoms with Crippen molar-refractivity contribution in [2.45, 2.75) is 65.0 Å². The van der Waals surface area contributed by atoms with E-state index in [-0.39, 0.29) is 6.09 Å². The zero-order valence-electron chi connectivity index (χ0n) is 12.2. The van der Waals surface area contributed by atoms with E-state index in [1.807, 2.05) is 20.8 Å². The summed E-state index contributed by atoms with van der Waals surface area (Å²) >= 11 is 0. The Kier molecular flexibility index (Phi) is 5.93. The van der Waals surface area contributed by atoms with Crippen LogP contribution in [0.3, 0.4) is 0 Å². The van der Waals surface area contributed by atoms with Gasteiger partial charge in [0.05, 0.1) is 0 Å². The molecular formula is C14H28N2O2. The molecule has 1 rings (SSSR count). The molecule has 2 atom stereocenters. The minimum atomic E-state index is -0.416. The molecule has 1 fully saturated rings. The average molecular weight is 256 g/mol. The van der Waals surface area contributed by atoms with Gasteiger partial charge in [0.1, 0.15) is 5.60 Å². The average Bonchev–Trinajstić information content (AvgIpc) is 2.26. The number of carbonyl (C=O) groups excluding carboxylic acids is 1. The van der Waals surface area contributed by atoms with Crippen molar-refractivity contribution < 1.29 is 9.53 Å². The second-order valence-electron chi connectivity index (χ2n) is 6.22. The molecule has 2 N–H and O–H groups in total. The maximum absolute atomic E-state index is 11.5. The minimum absolute atomic E-state index is 0.307. The SMILES string of the molecule is CCC[C@@H]1CC[C@H](CNC(=O)OC(C)(C)C)CN1. The molecule has 0 aromatic rings. The Hall–Kier alpha value is -0.770. The first-order valence-electron chi connectivity index (χ1n) is 7.11. The van der Waals surface area contributed by atoms with Crippen LogP contribution in [0.4, 0.5) is 4.79 Å². The van der Waals surface area contributed by atoms with Gasteiger partial charge in [0.25, 0.3) is 0 Å². The standard InChI is InChI=1S/C14H28N2O2/c1-5-6-12-8-7-11(9-15-12)10-16-13(17)18-14(2,3)4/h11-12,15H,5-10H2,1-4H3,(H,16,17)/t11-,12+/m0/s1. The fourth-order valence-corrected chi connectivity index (χ4v) is 2.29. The maximum atomic E-state index is 11.5. The number of carbonyl (C=O) groups is 1. The maximum Gasteiger partial charge on any atom is 0.407 e. The lowest BCUT2D eigenvalue weighted by atomic mass is 9.93. The van der Waals surface area contributed by atoms with Crippen LogP contribution in [0.1, 0.15) is 53.4 Å². The first kappa shape index (κ1) is 15.3. The van der Waals surface area contributed by atoms with E-state index in [9.17, 15) is 4.79 Å². The normalized spacial score (nSPS) is 24.7. The zero-order valence-corrected chi connectivity index (χ0v) is 12.2. The number of nitrogens with one attached hydrogen (secondary N) is 2. The van der Waals surface area contributed by atoms with E-state index >= 15 is 0 Å². The Morgan fingerprint density at radius 1 is 1.39 bits per heavy atom. The molecule has 1 aliphatic heterocycles. The van der Waals surface area contributed by atoms with Gasteiger partial charge in [-0.25, -0.2) is 4.79 Å². The van der Waals surface area contributed by atoms with Gasteiger partial charge in [-0.1, -0.05) is 13.3 Å². The van der Waals surface area contributed by atoms with Crippen LogP contribution in [0.15, 0.2) is 0 Å². The van der Waals surface area contributed by atoms with Crippen LogP contribution in [-0.2, 0) is 4.74 Å². The van der Waals surface area contributed by atoms with Crippen LogP contribution in [0.25, 0.3) is 0 Å². The molecule has 0 aliphatic carbocycles. The van der Waals surface area contributed by atoms with E-state index in [0.717, 1.165) is 6.54 Å². The zero-order chi connectivity index (χ0) is 13.6. The molecule has 0 aromatic carbocycles. The number of alkyl carbamates (subject to hydrolysis) is 1. The Balaban J connectivity index is 2.16. The highest BCUT2D eigenvalue weighted by Crippen LogP contribution is 2.16. The minimum Gasteiger partial charge on any atom is -0.444 e. The highest BCUT2D eigenvalue weighted by Gasteiger charge is 2.21. The predicted octanol–water partition coefficient (Wildman–Crippen LogP) is 2.68. The van der Waals surface area contributed by atoms with Gasteiger partial charge in [0, 0.05) is 12.6 Å².